The first-order valence-electron chi connectivity index (χ1n) is 6.83. The van der Waals surface area contributed by atoms with E-state index in [0.717, 1.165) is 34.7 Å². The summed E-state index contributed by atoms with van der Waals surface area (Å²) in [4.78, 5) is 12.5. The maximum atomic E-state index is 4.77. The molecule has 2 heterocycles. The topological polar surface area (TPSA) is 41.0 Å². The van der Waals surface area contributed by atoms with Crippen molar-refractivity contribution < 1.29 is 0 Å². The monoisotopic (exact) mass is 261 g/mol. The molecule has 3 heteroatoms. The second kappa shape index (κ2) is 4.04. The summed E-state index contributed by atoms with van der Waals surface area (Å²) in [5.74, 6) is 0.950. The molecule has 4 rings (SSSR count). The summed E-state index contributed by atoms with van der Waals surface area (Å²) in [5.41, 5.74) is 8.05. The van der Waals surface area contributed by atoms with E-state index in [1.54, 1.807) is 0 Å². The lowest BCUT2D eigenvalue weighted by atomic mass is 10.0. The molecular formula is C17H15N3. The first-order valence-corrected chi connectivity index (χ1v) is 6.83. The van der Waals surface area contributed by atoms with E-state index < -0.39 is 0 Å². The van der Waals surface area contributed by atoms with Crippen LogP contribution in [-0.2, 0) is 6.42 Å². The third-order valence-electron chi connectivity index (χ3n) is 3.80. The number of aromatic amines is 1. The number of hydrogen-bond acceptors (Lipinski definition) is 2. The summed E-state index contributed by atoms with van der Waals surface area (Å²) in [6.07, 6.45) is 0.895. The van der Waals surface area contributed by atoms with Crippen molar-refractivity contribution in [1.29, 1.82) is 0 Å². The number of nitrogens with one attached hydrogen (secondary N) is 1. The normalized spacial score (nSPS) is 13.6. The molecule has 0 aliphatic carbocycles. The molecule has 1 aromatic heterocycles. The quantitative estimate of drug-likeness (QED) is 0.710. The van der Waals surface area contributed by atoms with Crippen molar-refractivity contribution in [1.82, 2.24) is 9.97 Å². The van der Waals surface area contributed by atoms with Gasteiger partial charge >= 0.3 is 0 Å². The number of fused-ring (bicyclic) bond motifs is 2. The van der Waals surface area contributed by atoms with Crippen LogP contribution in [0.5, 0.6) is 0 Å². The van der Waals surface area contributed by atoms with Crippen molar-refractivity contribution >= 4 is 22.4 Å². The van der Waals surface area contributed by atoms with Gasteiger partial charge in [-0.15, -0.1) is 0 Å². The smallest absolute Gasteiger partial charge is 0.104 e. The van der Waals surface area contributed by atoms with Gasteiger partial charge in [-0.05, 0) is 37.1 Å². The summed E-state index contributed by atoms with van der Waals surface area (Å²) >= 11 is 0. The zero-order valence-electron chi connectivity index (χ0n) is 11.6. The molecule has 3 aromatic rings. The molecule has 0 saturated carbocycles. The molecule has 0 radical (unpaired) electrons. The molecule has 0 atom stereocenters. The second-order valence-electron chi connectivity index (χ2n) is 5.42. The average Bonchev–Trinajstić information content (AvgIpc) is 2.97. The van der Waals surface area contributed by atoms with Crippen molar-refractivity contribution in [3.8, 4) is 0 Å². The minimum Gasteiger partial charge on any atom is -0.342 e. The third-order valence-corrected chi connectivity index (χ3v) is 3.80. The number of benzene rings is 2. The lowest BCUT2D eigenvalue weighted by molar-refractivity contribution is 1.17. The van der Waals surface area contributed by atoms with E-state index in [1.165, 1.54) is 16.7 Å². The second-order valence-corrected chi connectivity index (χ2v) is 5.42. The molecule has 0 unspecified atom stereocenters. The molecule has 98 valence electrons. The van der Waals surface area contributed by atoms with E-state index in [9.17, 15) is 0 Å². The summed E-state index contributed by atoms with van der Waals surface area (Å²) in [6, 6.07) is 12.8. The summed E-state index contributed by atoms with van der Waals surface area (Å²) in [5, 5.41) is 0. The van der Waals surface area contributed by atoms with Gasteiger partial charge in [0.2, 0.25) is 0 Å². The molecule has 0 bridgehead atoms. The molecular weight excluding hydrogens is 246 g/mol. The van der Waals surface area contributed by atoms with Crippen molar-refractivity contribution in [2.75, 3.05) is 0 Å². The van der Waals surface area contributed by atoms with Gasteiger partial charge in [-0.2, -0.15) is 0 Å². The molecule has 0 fully saturated rings. The van der Waals surface area contributed by atoms with Gasteiger partial charge in [-0.25, -0.2) is 4.98 Å². The zero-order chi connectivity index (χ0) is 13.7. The van der Waals surface area contributed by atoms with Gasteiger partial charge in [0.15, 0.2) is 0 Å². The van der Waals surface area contributed by atoms with Gasteiger partial charge in [0.1, 0.15) is 5.82 Å². The first kappa shape index (κ1) is 11.4. The number of hydrogen-bond donors (Lipinski definition) is 1. The Kier molecular flexibility index (Phi) is 2.30. The summed E-state index contributed by atoms with van der Waals surface area (Å²) < 4.78 is 0. The Hall–Kier alpha value is -2.42. The Balaban J connectivity index is 1.79. The highest BCUT2D eigenvalue weighted by molar-refractivity contribution is 6.07. The van der Waals surface area contributed by atoms with Crippen LogP contribution in [0.2, 0.25) is 0 Å². The molecule has 2 aromatic carbocycles. The Labute approximate surface area is 117 Å². The maximum absolute atomic E-state index is 4.77. The van der Waals surface area contributed by atoms with E-state index in [1.807, 2.05) is 6.92 Å². The van der Waals surface area contributed by atoms with Gasteiger partial charge in [0.05, 0.1) is 22.4 Å². The van der Waals surface area contributed by atoms with Crippen LogP contribution in [-0.4, -0.2) is 15.7 Å². The third kappa shape index (κ3) is 1.74. The van der Waals surface area contributed by atoms with Crippen LogP contribution in [0.25, 0.3) is 11.0 Å². The largest absolute Gasteiger partial charge is 0.342 e. The van der Waals surface area contributed by atoms with Crippen LogP contribution in [0.1, 0.15) is 22.5 Å². The van der Waals surface area contributed by atoms with Gasteiger partial charge in [-0.1, -0.05) is 29.8 Å². The van der Waals surface area contributed by atoms with Crippen LogP contribution in [0.3, 0.4) is 0 Å². The summed E-state index contributed by atoms with van der Waals surface area (Å²) in [6.45, 7) is 4.08. The molecule has 0 saturated heterocycles. The lowest BCUT2D eigenvalue weighted by Gasteiger charge is -2.00. The number of aryl methyl sites for hydroxylation is 2. The Bertz CT molecular complexity index is 839. The highest BCUT2D eigenvalue weighted by Crippen LogP contribution is 2.32. The number of aromatic nitrogens is 2. The number of H-pyrrole nitrogens is 1. The Morgan fingerprint density at radius 3 is 2.65 bits per heavy atom. The minimum absolute atomic E-state index is 0.895. The van der Waals surface area contributed by atoms with Crippen molar-refractivity contribution in [2.24, 2.45) is 4.99 Å². The number of aliphatic imine (C=N–C) groups is 1. The molecule has 1 N–H and O–H groups in total. The fourth-order valence-electron chi connectivity index (χ4n) is 2.74. The van der Waals surface area contributed by atoms with E-state index in [2.05, 4.69) is 53.3 Å². The van der Waals surface area contributed by atoms with Crippen LogP contribution in [0, 0.1) is 13.8 Å². The van der Waals surface area contributed by atoms with Gasteiger partial charge in [-0.3, -0.25) is 4.99 Å². The highest BCUT2D eigenvalue weighted by Gasteiger charge is 2.17. The van der Waals surface area contributed by atoms with E-state index in [4.69, 9.17) is 4.99 Å². The van der Waals surface area contributed by atoms with Crippen molar-refractivity contribution in [3.05, 3.63) is 58.9 Å². The Morgan fingerprint density at radius 2 is 1.85 bits per heavy atom. The van der Waals surface area contributed by atoms with Crippen LogP contribution >= 0.6 is 0 Å². The summed E-state index contributed by atoms with van der Waals surface area (Å²) in [7, 11) is 0. The van der Waals surface area contributed by atoms with Gasteiger partial charge in [0, 0.05) is 6.42 Å². The van der Waals surface area contributed by atoms with E-state index >= 15 is 0 Å². The standard InChI is InChI=1S/C17H15N3/c1-10-3-5-12(6-4-10)14-7-13-8-16-17(9-15(13)20-14)19-11(2)18-16/h3-6,8-9H,7H2,1-2H3,(H,18,19). The van der Waals surface area contributed by atoms with E-state index in [0.29, 0.717) is 0 Å². The minimum atomic E-state index is 0.895. The maximum Gasteiger partial charge on any atom is 0.104 e. The van der Waals surface area contributed by atoms with Crippen LogP contribution < -0.4 is 0 Å². The molecule has 1 aliphatic heterocycles. The average molecular weight is 261 g/mol. The van der Waals surface area contributed by atoms with Gasteiger partial charge < -0.3 is 4.98 Å². The number of imidazole rings is 1. The Morgan fingerprint density at radius 1 is 1.05 bits per heavy atom. The highest BCUT2D eigenvalue weighted by atomic mass is 14.9. The predicted molar refractivity (Wildman–Crippen MR) is 81.9 cm³/mol. The fraction of sp³-hybridized carbons (Fsp3) is 0.176. The molecule has 0 spiro atoms. The molecule has 1 aliphatic rings. The molecule has 20 heavy (non-hydrogen) atoms. The molecule has 0 amide bonds. The van der Waals surface area contributed by atoms with Crippen LogP contribution in [0.15, 0.2) is 41.4 Å². The SMILES string of the molecule is Cc1ccc(C2=Nc3cc4nc(C)[nH]c4cc3C2)cc1. The van der Waals surface area contributed by atoms with Crippen LogP contribution in [0.4, 0.5) is 5.69 Å². The molecule has 3 nitrogen and oxygen atoms in total. The van der Waals surface area contributed by atoms with E-state index in [-0.39, 0.29) is 0 Å². The number of rotatable bonds is 1. The lowest BCUT2D eigenvalue weighted by Crippen LogP contribution is -1.99. The fourth-order valence-corrected chi connectivity index (χ4v) is 2.74. The number of nitrogens with zero attached hydrogens (tertiary/aromatic N) is 2. The first-order chi connectivity index (χ1) is 9.69. The zero-order valence-corrected chi connectivity index (χ0v) is 11.6. The van der Waals surface area contributed by atoms with Crippen molar-refractivity contribution in [2.45, 2.75) is 20.3 Å². The van der Waals surface area contributed by atoms with Gasteiger partial charge in [0.25, 0.3) is 0 Å². The predicted octanol–water partition coefficient (Wildman–Crippen LogP) is 3.86. The van der Waals surface area contributed by atoms with Crippen molar-refractivity contribution in [3.63, 3.8) is 0 Å².